The third-order valence-electron chi connectivity index (χ3n) is 21.8. The average molecular weight is 1300 g/mol. The molecule has 0 bridgehead atoms. The second-order valence-electron chi connectivity index (χ2n) is 32.3. The zero-order valence-corrected chi connectivity index (χ0v) is 60.5. The maximum Gasteiger partial charge on any atom is 0.339 e. The Bertz CT molecular complexity index is 3600. The van der Waals surface area contributed by atoms with Crippen molar-refractivity contribution in [2.75, 3.05) is 0 Å². The van der Waals surface area contributed by atoms with Gasteiger partial charge in [0.15, 0.2) is 0 Å². The summed E-state index contributed by atoms with van der Waals surface area (Å²) in [7, 11) is 0. The van der Waals surface area contributed by atoms with Gasteiger partial charge >= 0.3 is 23.9 Å². The number of benzene rings is 6. The first kappa shape index (κ1) is 71.8. The van der Waals surface area contributed by atoms with Gasteiger partial charge in [-0.1, -0.05) is 189 Å². The van der Waals surface area contributed by atoms with Gasteiger partial charge in [-0.15, -0.1) is 0 Å². The molecule has 0 amide bonds. The molecule has 8 unspecified atom stereocenters. The van der Waals surface area contributed by atoms with E-state index in [1.165, 1.54) is 22.3 Å². The van der Waals surface area contributed by atoms with Crippen molar-refractivity contribution < 1.29 is 38.1 Å². The van der Waals surface area contributed by atoms with E-state index in [-0.39, 0.29) is 98.4 Å². The summed E-state index contributed by atoms with van der Waals surface area (Å²) < 4.78 is 26.8. The number of carbonyl (C=O) groups excluding carboxylic acids is 4. The van der Waals surface area contributed by atoms with E-state index in [9.17, 15) is 4.79 Å². The highest BCUT2D eigenvalue weighted by molar-refractivity contribution is 6.06. The smallest absolute Gasteiger partial charge is 0.339 e. The van der Waals surface area contributed by atoms with E-state index in [0.717, 1.165) is 26.2 Å². The highest BCUT2D eigenvalue weighted by Crippen LogP contribution is 2.44. The van der Waals surface area contributed by atoms with Crippen molar-refractivity contribution in [2.45, 2.75) is 259 Å². The normalized spacial score (nSPS) is 24.6. The summed E-state index contributed by atoms with van der Waals surface area (Å²) in [5, 5.41) is 0. The van der Waals surface area contributed by atoms with Crippen LogP contribution in [0.1, 0.15) is 226 Å². The van der Waals surface area contributed by atoms with Crippen LogP contribution in [-0.2, 0) is 45.1 Å². The molecule has 6 aromatic carbocycles. The average Bonchev–Trinajstić information content (AvgIpc) is 0.794. The molecule has 0 spiro atoms. The maximum atomic E-state index is 15.6. The molecular weight excluding hydrogens is 1190 g/mol. The lowest BCUT2D eigenvalue weighted by molar-refractivity contribution is -0.0721. The number of hydrogen-bond donors (Lipinski definition) is 0. The van der Waals surface area contributed by atoms with Crippen molar-refractivity contribution in [2.24, 2.45) is 23.7 Å². The highest BCUT2D eigenvalue weighted by Gasteiger charge is 2.48. The zero-order valence-electron chi connectivity index (χ0n) is 60.5. The number of likely N-dealkylation sites (tertiary alicyclic amines) is 4. The van der Waals surface area contributed by atoms with Gasteiger partial charge in [-0.2, -0.15) is 0 Å². The fourth-order valence-corrected chi connectivity index (χ4v) is 16.8. The molecule has 96 heavy (non-hydrogen) atoms. The fourth-order valence-electron chi connectivity index (χ4n) is 16.8. The molecule has 4 fully saturated rings. The van der Waals surface area contributed by atoms with Crippen LogP contribution >= 0.6 is 0 Å². The van der Waals surface area contributed by atoms with Gasteiger partial charge in [0.25, 0.3) is 0 Å². The van der Waals surface area contributed by atoms with E-state index in [0.29, 0.717) is 62.5 Å². The molecule has 8 atom stereocenters. The minimum atomic E-state index is -0.646. The molecule has 0 N–H and O–H groups in total. The van der Waals surface area contributed by atoms with Crippen LogP contribution in [0.5, 0.6) is 0 Å². The third-order valence-corrected chi connectivity index (χ3v) is 21.8. The van der Waals surface area contributed by atoms with Gasteiger partial charge in [0, 0.05) is 124 Å². The van der Waals surface area contributed by atoms with Crippen molar-refractivity contribution in [3.63, 3.8) is 0 Å². The van der Waals surface area contributed by atoms with Crippen molar-refractivity contribution in [3.8, 4) is 11.1 Å². The second kappa shape index (κ2) is 30.0. The number of nitrogens with zero attached hydrogens (tertiary/aromatic N) is 4. The Labute approximate surface area is 574 Å². The van der Waals surface area contributed by atoms with Crippen LogP contribution in [0.4, 0.5) is 0 Å². The topological polar surface area (TPSA) is 118 Å². The predicted molar refractivity (Wildman–Crippen MR) is 384 cm³/mol. The first-order valence-corrected chi connectivity index (χ1v) is 35.8. The minimum Gasteiger partial charge on any atom is -0.459 e. The quantitative estimate of drug-likeness (QED) is 0.0504. The Balaban J connectivity index is 1.01. The van der Waals surface area contributed by atoms with E-state index < -0.39 is 42.2 Å². The SMILES string of the molecule is CC(C)C1CC(OC(=O)c2ccc(-c3ccc(C(=O)OC4CC(C(C)C)N(Cc5ccccc5)C(C)(C)C4)c(C(=O)OC4CC(C(C)C)N(Cc5ccccc5)C(C)(C)C4)c3)c(C(=O)OC3CC(C(C)C)N(Cc4ccccc4)C(C)(C)C3)c2)CC(C)(C)N1Cc1ccccc1. The van der Waals surface area contributed by atoms with Crippen molar-refractivity contribution in [1.82, 2.24) is 19.6 Å². The van der Waals surface area contributed by atoms with Gasteiger partial charge in [-0.3, -0.25) is 19.6 Å². The largest absolute Gasteiger partial charge is 0.459 e. The Morgan fingerprint density at radius 2 is 0.625 bits per heavy atom. The van der Waals surface area contributed by atoms with Crippen LogP contribution in [0, 0.1) is 23.7 Å². The molecule has 10 rings (SSSR count). The summed E-state index contributed by atoms with van der Waals surface area (Å²) in [6.45, 7) is 38.7. The van der Waals surface area contributed by atoms with Crippen LogP contribution in [-0.4, -0.2) is 114 Å². The van der Waals surface area contributed by atoms with Gasteiger partial charge in [-0.05, 0) is 137 Å². The predicted octanol–water partition coefficient (Wildman–Crippen LogP) is 17.9. The molecule has 4 saturated heterocycles. The third kappa shape index (κ3) is 16.9. The van der Waals surface area contributed by atoms with Crippen LogP contribution < -0.4 is 0 Å². The first-order valence-electron chi connectivity index (χ1n) is 35.8. The van der Waals surface area contributed by atoms with E-state index in [2.05, 4.69) is 227 Å². The van der Waals surface area contributed by atoms with Gasteiger partial charge in [-0.25, -0.2) is 19.2 Å². The lowest BCUT2D eigenvalue weighted by Crippen LogP contribution is -2.58. The Hall–Kier alpha value is -6.96. The van der Waals surface area contributed by atoms with Crippen LogP contribution in [0.2, 0.25) is 0 Å². The summed E-state index contributed by atoms with van der Waals surface area (Å²) in [5.74, 6) is -1.35. The van der Waals surface area contributed by atoms with Crippen molar-refractivity contribution in [3.05, 3.63) is 202 Å². The summed E-state index contributed by atoms with van der Waals surface area (Å²) in [5.41, 5.74) is 4.95. The Morgan fingerprint density at radius 1 is 0.344 bits per heavy atom. The molecule has 12 nitrogen and oxygen atoms in total. The maximum absolute atomic E-state index is 15.6. The first-order chi connectivity index (χ1) is 45.5. The monoisotopic (exact) mass is 1300 g/mol. The molecule has 4 aliphatic rings. The van der Waals surface area contributed by atoms with Crippen LogP contribution in [0.3, 0.4) is 0 Å². The molecule has 4 aliphatic heterocycles. The molecular formula is C84H110N4O8. The van der Waals surface area contributed by atoms with Crippen LogP contribution in [0.15, 0.2) is 158 Å². The standard InChI is InChI=1S/C84H110N4O8/c1-55(2)73-43-65(47-81(9,10)85(73)51-59-29-21-17-22-30-59)93-77(89)64-38-39-69(71(42-64)79(91)95-67-45-75(57(5)6)87(83(13,14)49-67)53-61-33-25-19-26-34-61)63-37-40-70(78(90)94-66-44-74(56(3)4)86(82(11,12)48-66)52-60-31-23-18-24-32-60)72(41-63)80(92)96-68-46-76(58(7)8)88(84(15,16)50-68)54-62-35-27-20-28-36-62/h17-42,55-58,65-68,73-76H,43-54H2,1-16H3. The second-order valence-corrected chi connectivity index (χ2v) is 32.3. The summed E-state index contributed by atoms with van der Waals surface area (Å²) in [6, 6.07) is 52.7. The Kier molecular flexibility index (Phi) is 22.5. The molecule has 4 heterocycles. The number of esters is 4. The fraction of sp³-hybridized carbons (Fsp3) is 0.524. The van der Waals surface area contributed by atoms with E-state index >= 15 is 14.4 Å². The summed E-state index contributed by atoms with van der Waals surface area (Å²) >= 11 is 0. The van der Waals surface area contributed by atoms with Gasteiger partial charge in [0.2, 0.25) is 0 Å². The van der Waals surface area contributed by atoms with Gasteiger partial charge in [0.05, 0.1) is 22.3 Å². The van der Waals surface area contributed by atoms with E-state index in [1.807, 2.05) is 24.3 Å². The number of carbonyl (C=O) groups is 4. The van der Waals surface area contributed by atoms with E-state index in [4.69, 9.17) is 18.9 Å². The summed E-state index contributed by atoms with van der Waals surface area (Å²) in [6.07, 6.45) is 3.07. The highest BCUT2D eigenvalue weighted by atomic mass is 16.6. The molecule has 12 heteroatoms. The molecule has 6 aromatic rings. The molecule has 514 valence electrons. The van der Waals surface area contributed by atoms with E-state index in [1.54, 1.807) is 36.4 Å². The van der Waals surface area contributed by atoms with Crippen LogP contribution in [0.25, 0.3) is 11.1 Å². The lowest BCUT2D eigenvalue weighted by atomic mass is 9.80. The molecule has 0 saturated carbocycles. The number of rotatable bonds is 21. The summed E-state index contributed by atoms with van der Waals surface area (Å²) in [4.78, 5) is 71.5. The number of piperidine rings is 4. The zero-order chi connectivity index (χ0) is 69.0. The Morgan fingerprint density at radius 3 is 0.927 bits per heavy atom. The van der Waals surface area contributed by atoms with Crippen molar-refractivity contribution >= 4 is 23.9 Å². The number of hydrogen-bond acceptors (Lipinski definition) is 12. The van der Waals surface area contributed by atoms with Gasteiger partial charge in [0.1, 0.15) is 24.4 Å². The molecule has 0 aromatic heterocycles. The molecule has 0 radical (unpaired) electrons. The van der Waals surface area contributed by atoms with Crippen molar-refractivity contribution in [1.29, 1.82) is 0 Å². The minimum absolute atomic E-state index is 0.0420. The number of ether oxygens (including phenoxy) is 4. The van der Waals surface area contributed by atoms with Gasteiger partial charge < -0.3 is 18.9 Å². The lowest BCUT2D eigenvalue weighted by Gasteiger charge is -2.52. The molecule has 0 aliphatic carbocycles.